The number of halogens is 1. The van der Waals surface area contributed by atoms with Crippen LogP contribution in [0.5, 0.6) is 0 Å². The predicted octanol–water partition coefficient (Wildman–Crippen LogP) is 0.424. The lowest BCUT2D eigenvalue weighted by Gasteiger charge is -2.17. The first kappa shape index (κ1) is 9.98. The predicted molar refractivity (Wildman–Crippen MR) is 63.3 cm³/mol. The highest BCUT2D eigenvalue weighted by molar-refractivity contribution is 9.10. The molecule has 1 saturated heterocycles. The molecule has 2 aromatic rings. The Morgan fingerprint density at radius 3 is 3.12 bits per heavy atom. The maximum absolute atomic E-state index is 5.89. The third-order valence-corrected chi connectivity index (χ3v) is 3.34. The summed E-state index contributed by atoms with van der Waals surface area (Å²) in [5, 5.41) is 7.94. The third kappa shape index (κ3) is 1.47. The Labute approximate surface area is 101 Å². The molecular formula is C9H11BrN6. The van der Waals surface area contributed by atoms with Gasteiger partial charge in [-0.15, -0.1) is 10.2 Å². The largest absolute Gasteiger partial charge is 0.340 e. The van der Waals surface area contributed by atoms with Gasteiger partial charge in [-0.05, 0) is 22.4 Å². The molecule has 0 spiro atoms. The van der Waals surface area contributed by atoms with Gasteiger partial charge in [-0.2, -0.15) is 0 Å². The van der Waals surface area contributed by atoms with E-state index in [2.05, 4.69) is 36.0 Å². The van der Waals surface area contributed by atoms with Crippen LogP contribution in [-0.2, 0) is 0 Å². The average Bonchev–Trinajstić information content (AvgIpc) is 2.87. The summed E-state index contributed by atoms with van der Waals surface area (Å²) >= 11 is 3.40. The molecule has 0 bridgehead atoms. The molecule has 0 saturated carbocycles. The van der Waals surface area contributed by atoms with Crippen LogP contribution in [0.15, 0.2) is 17.0 Å². The fraction of sp³-hybridized carbons (Fsp3) is 0.444. The molecular weight excluding hydrogens is 272 g/mol. The molecule has 2 aromatic heterocycles. The molecule has 0 amide bonds. The van der Waals surface area contributed by atoms with Gasteiger partial charge in [-0.25, -0.2) is 9.38 Å². The summed E-state index contributed by atoms with van der Waals surface area (Å²) in [6.07, 6.45) is 4.43. The highest BCUT2D eigenvalue weighted by atomic mass is 79.9. The summed E-state index contributed by atoms with van der Waals surface area (Å²) in [7, 11) is 0. The van der Waals surface area contributed by atoms with Gasteiger partial charge in [0.25, 0.3) is 0 Å². The van der Waals surface area contributed by atoms with E-state index < -0.39 is 0 Å². The Morgan fingerprint density at radius 1 is 1.50 bits per heavy atom. The normalized spacial score (nSPS) is 20.9. The van der Waals surface area contributed by atoms with Crippen molar-refractivity contribution in [1.82, 2.24) is 19.6 Å². The second-order valence-corrected chi connectivity index (χ2v) is 4.78. The number of hydrogen-bond donors (Lipinski definition) is 1. The Kier molecular flexibility index (Phi) is 2.29. The van der Waals surface area contributed by atoms with Crippen molar-refractivity contribution in [2.24, 2.45) is 5.73 Å². The molecule has 1 unspecified atom stereocenters. The Bertz CT molecular complexity index is 524. The van der Waals surface area contributed by atoms with E-state index >= 15 is 0 Å². The van der Waals surface area contributed by atoms with Crippen molar-refractivity contribution >= 4 is 27.5 Å². The second-order valence-electron chi connectivity index (χ2n) is 3.93. The zero-order valence-corrected chi connectivity index (χ0v) is 10.1. The van der Waals surface area contributed by atoms with Gasteiger partial charge in [-0.1, -0.05) is 0 Å². The van der Waals surface area contributed by atoms with Crippen LogP contribution in [-0.4, -0.2) is 38.7 Å². The summed E-state index contributed by atoms with van der Waals surface area (Å²) < 4.78 is 2.72. The summed E-state index contributed by atoms with van der Waals surface area (Å²) in [5.74, 6) is 0.858. The van der Waals surface area contributed by atoms with Crippen molar-refractivity contribution in [2.45, 2.75) is 12.5 Å². The van der Waals surface area contributed by atoms with E-state index in [9.17, 15) is 0 Å². The quantitative estimate of drug-likeness (QED) is 0.821. The Morgan fingerprint density at radius 2 is 2.38 bits per heavy atom. The molecule has 7 heteroatoms. The minimum atomic E-state index is 0.233. The third-order valence-electron chi connectivity index (χ3n) is 2.78. The van der Waals surface area contributed by atoms with Crippen molar-refractivity contribution in [3.8, 4) is 0 Å². The number of rotatable bonds is 1. The van der Waals surface area contributed by atoms with E-state index in [1.807, 2.05) is 4.40 Å². The fourth-order valence-electron chi connectivity index (χ4n) is 1.98. The minimum absolute atomic E-state index is 0.233. The summed E-state index contributed by atoms with van der Waals surface area (Å²) in [4.78, 5) is 6.56. The molecule has 6 nitrogen and oxygen atoms in total. The lowest BCUT2D eigenvalue weighted by Crippen LogP contribution is -2.28. The molecule has 1 fully saturated rings. The first-order chi connectivity index (χ1) is 7.75. The van der Waals surface area contributed by atoms with Crippen LogP contribution in [0.4, 0.5) is 5.95 Å². The number of anilines is 1. The van der Waals surface area contributed by atoms with E-state index in [1.165, 1.54) is 0 Å². The van der Waals surface area contributed by atoms with Crippen molar-refractivity contribution in [1.29, 1.82) is 0 Å². The van der Waals surface area contributed by atoms with Crippen molar-refractivity contribution in [2.75, 3.05) is 18.0 Å². The van der Waals surface area contributed by atoms with Gasteiger partial charge in [0, 0.05) is 25.3 Å². The van der Waals surface area contributed by atoms with Crippen LogP contribution in [0.25, 0.3) is 5.65 Å². The topological polar surface area (TPSA) is 72.3 Å². The van der Waals surface area contributed by atoms with Gasteiger partial charge < -0.3 is 10.6 Å². The monoisotopic (exact) mass is 282 g/mol. The molecule has 0 aromatic carbocycles. The summed E-state index contributed by atoms with van der Waals surface area (Å²) in [6.45, 7) is 1.77. The van der Waals surface area contributed by atoms with E-state index in [4.69, 9.17) is 5.73 Å². The first-order valence-corrected chi connectivity index (χ1v) is 5.90. The zero-order chi connectivity index (χ0) is 11.1. The average molecular weight is 283 g/mol. The van der Waals surface area contributed by atoms with Crippen LogP contribution in [0.1, 0.15) is 6.42 Å². The lowest BCUT2D eigenvalue weighted by molar-refractivity contribution is 0.749. The zero-order valence-electron chi connectivity index (χ0n) is 8.54. The van der Waals surface area contributed by atoms with E-state index in [0.29, 0.717) is 0 Å². The Hall–Kier alpha value is -1.21. The van der Waals surface area contributed by atoms with Crippen molar-refractivity contribution < 1.29 is 0 Å². The molecule has 1 aliphatic rings. The van der Waals surface area contributed by atoms with Crippen LogP contribution >= 0.6 is 15.9 Å². The Balaban J connectivity index is 2.10. The number of fused-ring (bicyclic) bond motifs is 1. The van der Waals surface area contributed by atoms with E-state index in [0.717, 1.165) is 35.6 Å². The van der Waals surface area contributed by atoms with Gasteiger partial charge in [-0.3, -0.25) is 0 Å². The lowest BCUT2D eigenvalue weighted by atomic mass is 10.3. The minimum Gasteiger partial charge on any atom is -0.340 e. The number of nitrogens with two attached hydrogens (primary N) is 1. The van der Waals surface area contributed by atoms with Crippen molar-refractivity contribution in [3.63, 3.8) is 0 Å². The van der Waals surface area contributed by atoms with Crippen LogP contribution < -0.4 is 10.6 Å². The maximum atomic E-state index is 5.89. The standard InChI is InChI=1S/C9H11BrN6/c10-7-3-12-9(15-2-1-6(11)4-15)16-5-13-14-8(7)16/h3,5-6H,1-2,4,11H2. The van der Waals surface area contributed by atoms with E-state index in [-0.39, 0.29) is 6.04 Å². The molecule has 16 heavy (non-hydrogen) atoms. The molecule has 3 heterocycles. The highest BCUT2D eigenvalue weighted by Crippen LogP contribution is 2.22. The number of hydrogen-bond acceptors (Lipinski definition) is 5. The SMILES string of the molecule is NC1CCN(c2ncc(Br)c3nncn23)C1. The smallest absolute Gasteiger partial charge is 0.212 e. The van der Waals surface area contributed by atoms with Gasteiger partial charge in [0.2, 0.25) is 5.95 Å². The fourth-order valence-corrected chi connectivity index (χ4v) is 2.35. The van der Waals surface area contributed by atoms with Crippen LogP contribution in [0.2, 0.25) is 0 Å². The second kappa shape index (κ2) is 3.67. The molecule has 0 radical (unpaired) electrons. The molecule has 3 rings (SSSR count). The number of nitrogens with zero attached hydrogens (tertiary/aromatic N) is 5. The summed E-state index contributed by atoms with van der Waals surface area (Å²) in [6, 6.07) is 0.233. The highest BCUT2D eigenvalue weighted by Gasteiger charge is 2.22. The summed E-state index contributed by atoms with van der Waals surface area (Å²) in [5.41, 5.74) is 6.68. The molecule has 2 N–H and O–H groups in total. The molecule has 1 aliphatic heterocycles. The maximum Gasteiger partial charge on any atom is 0.212 e. The first-order valence-electron chi connectivity index (χ1n) is 5.10. The van der Waals surface area contributed by atoms with E-state index in [1.54, 1.807) is 12.5 Å². The molecule has 0 aliphatic carbocycles. The van der Waals surface area contributed by atoms with Crippen molar-refractivity contribution in [3.05, 3.63) is 17.0 Å². The van der Waals surface area contributed by atoms with Gasteiger partial charge in [0.15, 0.2) is 5.65 Å². The molecule has 84 valence electrons. The van der Waals surface area contributed by atoms with Gasteiger partial charge >= 0.3 is 0 Å². The molecule has 1 atom stereocenters. The van der Waals surface area contributed by atoms with Gasteiger partial charge in [0.05, 0.1) is 4.47 Å². The van der Waals surface area contributed by atoms with Crippen LogP contribution in [0, 0.1) is 0 Å². The number of aromatic nitrogens is 4. The van der Waals surface area contributed by atoms with Gasteiger partial charge in [0.1, 0.15) is 6.33 Å². The van der Waals surface area contributed by atoms with Crippen LogP contribution in [0.3, 0.4) is 0 Å².